The van der Waals surface area contributed by atoms with Gasteiger partial charge in [-0.25, -0.2) is 9.69 Å². The number of rotatable bonds is 4. The van der Waals surface area contributed by atoms with Crippen LogP contribution < -0.4 is 10.2 Å². The van der Waals surface area contributed by atoms with Gasteiger partial charge in [-0.05, 0) is 67.1 Å². The lowest BCUT2D eigenvalue weighted by atomic mass is 10.1. The highest BCUT2D eigenvalue weighted by Gasteiger charge is 2.36. The highest BCUT2D eigenvalue weighted by Crippen LogP contribution is 2.29. The number of carbonyl (C=O) groups is 3. The van der Waals surface area contributed by atoms with Crippen molar-refractivity contribution in [1.29, 1.82) is 0 Å². The molecule has 0 atom stereocenters. The SMILES string of the molecule is Cc1ccc(Sc2ccc(/C=C3\C(=O)NC(=O)N(c4ccc(Br)cc4)C3=O)cc2)cc1. The summed E-state index contributed by atoms with van der Waals surface area (Å²) in [4.78, 5) is 40.7. The molecule has 4 rings (SSSR count). The van der Waals surface area contributed by atoms with Gasteiger partial charge in [0.2, 0.25) is 0 Å². The maximum absolute atomic E-state index is 12.9. The Morgan fingerprint density at radius 3 is 2.03 bits per heavy atom. The number of nitrogens with zero attached hydrogens (tertiary/aromatic N) is 1. The Morgan fingerprint density at radius 1 is 0.839 bits per heavy atom. The summed E-state index contributed by atoms with van der Waals surface area (Å²) < 4.78 is 0.816. The van der Waals surface area contributed by atoms with Gasteiger partial charge in [0.25, 0.3) is 11.8 Å². The summed E-state index contributed by atoms with van der Waals surface area (Å²) in [5.74, 6) is -1.37. The lowest BCUT2D eigenvalue weighted by Gasteiger charge is -2.26. The number of imide groups is 2. The monoisotopic (exact) mass is 492 g/mol. The second-order valence-electron chi connectivity index (χ2n) is 6.92. The molecule has 1 fully saturated rings. The molecule has 31 heavy (non-hydrogen) atoms. The highest BCUT2D eigenvalue weighted by molar-refractivity contribution is 9.10. The van der Waals surface area contributed by atoms with Crippen molar-refractivity contribution < 1.29 is 14.4 Å². The molecule has 0 radical (unpaired) electrons. The van der Waals surface area contributed by atoms with E-state index < -0.39 is 17.8 Å². The van der Waals surface area contributed by atoms with Crippen molar-refractivity contribution in [3.63, 3.8) is 0 Å². The second kappa shape index (κ2) is 8.91. The van der Waals surface area contributed by atoms with E-state index in [1.54, 1.807) is 36.0 Å². The van der Waals surface area contributed by atoms with E-state index in [1.807, 2.05) is 31.2 Å². The fraction of sp³-hybridized carbons (Fsp3) is 0.0417. The normalized spacial score (nSPS) is 15.4. The van der Waals surface area contributed by atoms with Gasteiger partial charge in [-0.1, -0.05) is 57.5 Å². The third kappa shape index (κ3) is 4.78. The number of carbonyl (C=O) groups excluding carboxylic acids is 3. The van der Waals surface area contributed by atoms with Gasteiger partial charge < -0.3 is 0 Å². The second-order valence-corrected chi connectivity index (χ2v) is 8.98. The van der Waals surface area contributed by atoms with Crippen LogP contribution in [-0.2, 0) is 9.59 Å². The molecule has 7 heteroatoms. The van der Waals surface area contributed by atoms with E-state index in [4.69, 9.17) is 0 Å². The molecule has 154 valence electrons. The minimum absolute atomic E-state index is 0.0959. The molecule has 4 amide bonds. The van der Waals surface area contributed by atoms with Gasteiger partial charge in [-0.15, -0.1) is 0 Å². The Morgan fingerprint density at radius 2 is 1.42 bits per heavy atom. The van der Waals surface area contributed by atoms with Crippen LogP contribution in [0.15, 0.2) is 92.6 Å². The molecule has 0 aliphatic carbocycles. The van der Waals surface area contributed by atoms with Crippen LogP contribution in [0.1, 0.15) is 11.1 Å². The number of barbiturate groups is 1. The quantitative estimate of drug-likeness (QED) is 0.381. The molecule has 0 spiro atoms. The molecule has 1 aliphatic heterocycles. The highest BCUT2D eigenvalue weighted by atomic mass is 79.9. The third-order valence-electron chi connectivity index (χ3n) is 4.63. The lowest BCUT2D eigenvalue weighted by molar-refractivity contribution is -0.122. The van der Waals surface area contributed by atoms with Crippen LogP contribution in [-0.4, -0.2) is 17.8 Å². The van der Waals surface area contributed by atoms with E-state index >= 15 is 0 Å². The van der Waals surface area contributed by atoms with Crippen LogP contribution in [0.25, 0.3) is 6.08 Å². The Hall–Kier alpha value is -3.16. The predicted molar refractivity (Wildman–Crippen MR) is 125 cm³/mol. The smallest absolute Gasteiger partial charge is 0.273 e. The van der Waals surface area contributed by atoms with Crippen molar-refractivity contribution >= 4 is 57.3 Å². The van der Waals surface area contributed by atoms with Gasteiger partial charge in [0.15, 0.2) is 0 Å². The van der Waals surface area contributed by atoms with E-state index in [1.165, 1.54) is 11.6 Å². The molecule has 0 unspecified atom stereocenters. The van der Waals surface area contributed by atoms with Crippen LogP contribution in [0.2, 0.25) is 0 Å². The van der Waals surface area contributed by atoms with Crippen LogP contribution >= 0.6 is 27.7 Å². The fourth-order valence-corrected chi connectivity index (χ4v) is 4.10. The van der Waals surface area contributed by atoms with E-state index in [0.29, 0.717) is 11.3 Å². The minimum atomic E-state index is -0.765. The molecular weight excluding hydrogens is 476 g/mol. The number of halogens is 1. The summed E-state index contributed by atoms with van der Waals surface area (Å²) in [6.45, 7) is 2.05. The van der Waals surface area contributed by atoms with E-state index in [2.05, 4.69) is 45.5 Å². The summed E-state index contributed by atoms with van der Waals surface area (Å²) >= 11 is 4.95. The first-order chi connectivity index (χ1) is 14.9. The number of benzene rings is 3. The lowest BCUT2D eigenvalue weighted by Crippen LogP contribution is -2.54. The average molecular weight is 493 g/mol. The maximum atomic E-state index is 12.9. The fourth-order valence-electron chi connectivity index (χ4n) is 3.02. The summed E-state index contributed by atoms with van der Waals surface area (Å²) in [5.41, 5.74) is 2.18. The molecule has 1 saturated heterocycles. The van der Waals surface area contributed by atoms with Gasteiger partial charge in [0.1, 0.15) is 5.57 Å². The van der Waals surface area contributed by atoms with Crippen molar-refractivity contribution in [2.24, 2.45) is 0 Å². The number of hydrogen-bond acceptors (Lipinski definition) is 4. The maximum Gasteiger partial charge on any atom is 0.335 e. The molecule has 0 aromatic heterocycles. The number of aryl methyl sites for hydroxylation is 1. The average Bonchev–Trinajstić information content (AvgIpc) is 2.75. The first-order valence-electron chi connectivity index (χ1n) is 9.42. The summed E-state index contributed by atoms with van der Waals surface area (Å²) in [6.07, 6.45) is 1.50. The van der Waals surface area contributed by atoms with Crippen molar-refractivity contribution in [3.05, 3.63) is 94.0 Å². The third-order valence-corrected chi connectivity index (χ3v) is 6.18. The molecule has 3 aromatic rings. The van der Waals surface area contributed by atoms with E-state index in [9.17, 15) is 14.4 Å². The molecule has 3 aromatic carbocycles. The Bertz CT molecular complexity index is 1190. The van der Waals surface area contributed by atoms with Crippen LogP contribution in [0, 0.1) is 6.92 Å². The first-order valence-corrected chi connectivity index (χ1v) is 11.0. The zero-order chi connectivity index (χ0) is 22.0. The predicted octanol–water partition coefficient (Wildman–Crippen LogP) is 5.58. The number of amides is 4. The molecule has 1 heterocycles. The largest absolute Gasteiger partial charge is 0.335 e. The topological polar surface area (TPSA) is 66.5 Å². The number of anilines is 1. The van der Waals surface area contributed by atoms with E-state index in [0.717, 1.165) is 19.2 Å². The zero-order valence-corrected chi connectivity index (χ0v) is 18.9. The Balaban J connectivity index is 1.57. The van der Waals surface area contributed by atoms with Crippen molar-refractivity contribution in [1.82, 2.24) is 5.32 Å². The van der Waals surface area contributed by atoms with Gasteiger partial charge >= 0.3 is 6.03 Å². The molecule has 5 nitrogen and oxygen atoms in total. The van der Waals surface area contributed by atoms with Crippen molar-refractivity contribution in [2.45, 2.75) is 16.7 Å². The summed E-state index contributed by atoms with van der Waals surface area (Å²) in [5, 5.41) is 2.23. The van der Waals surface area contributed by atoms with E-state index in [-0.39, 0.29) is 5.57 Å². The van der Waals surface area contributed by atoms with Gasteiger partial charge in [-0.2, -0.15) is 0 Å². The van der Waals surface area contributed by atoms with Crippen LogP contribution in [0.3, 0.4) is 0 Å². The molecule has 0 bridgehead atoms. The summed E-state index contributed by atoms with van der Waals surface area (Å²) in [6, 6.07) is 21.7. The molecule has 1 N–H and O–H groups in total. The van der Waals surface area contributed by atoms with Gasteiger partial charge in [0, 0.05) is 14.3 Å². The van der Waals surface area contributed by atoms with Crippen LogP contribution in [0.5, 0.6) is 0 Å². The standard InChI is InChI=1S/C24H17BrN2O3S/c1-15-2-10-19(11-3-15)31-20-12-4-16(5-13-20)14-21-22(28)26-24(30)27(23(21)29)18-8-6-17(25)7-9-18/h2-14H,1H3,(H,26,28,30)/b21-14+. The minimum Gasteiger partial charge on any atom is -0.273 e. The zero-order valence-electron chi connectivity index (χ0n) is 16.5. The Labute approximate surface area is 192 Å². The van der Waals surface area contributed by atoms with Crippen molar-refractivity contribution in [2.75, 3.05) is 4.90 Å². The number of hydrogen-bond donors (Lipinski definition) is 1. The van der Waals surface area contributed by atoms with Crippen LogP contribution in [0.4, 0.5) is 10.5 Å². The number of urea groups is 1. The van der Waals surface area contributed by atoms with Gasteiger partial charge in [0.05, 0.1) is 5.69 Å². The van der Waals surface area contributed by atoms with Gasteiger partial charge in [-0.3, -0.25) is 14.9 Å². The van der Waals surface area contributed by atoms with Crippen molar-refractivity contribution in [3.8, 4) is 0 Å². The summed E-state index contributed by atoms with van der Waals surface area (Å²) in [7, 11) is 0. The first kappa shape index (κ1) is 21.1. The Kier molecular flexibility index (Phi) is 6.06. The molecule has 1 aliphatic rings. The molecular formula is C24H17BrN2O3S. The molecule has 0 saturated carbocycles. The number of nitrogens with one attached hydrogen (secondary N) is 1.